The monoisotopic (exact) mass is 472 g/mol. The Morgan fingerprint density at radius 3 is 2.58 bits per heavy atom. The molecule has 1 saturated heterocycles. The van der Waals surface area contributed by atoms with E-state index in [4.69, 9.17) is 9.47 Å². The molecule has 2 aromatic carbocycles. The highest BCUT2D eigenvalue weighted by atomic mass is 32.2. The second kappa shape index (κ2) is 9.35. The molecule has 0 spiro atoms. The molecule has 2 aromatic rings. The normalized spacial score (nSPS) is 23.0. The van der Waals surface area contributed by atoms with E-state index in [1.165, 1.54) is 10.4 Å². The summed E-state index contributed by atoms with van der Waals surface area (Å²) in [5.74, 6) is 1.50. The summed E-state index contributed by atoms with van der Waals surface area (Å²) in [7, 11) is -3.68. The maximum absolute atomic E-state index is 13.3. The third-order valence-corrected chi connectivity index (χ3v) is 7.94. The van der Waals surface area contributed by atoms with E-state index in [0.717, 1.165) is 24.2 Å². The Labute approximate surface area is 196 Å². The predicted octanol–water partition coefficient (Wildman–Crippen LogP) is 4.33. The lowest BCUT2D eigenvalue weighted by Crippen LogP contribution is -2.42. The summed E-state index contributed by atoms with van der Waals surface area (Å²) in [4.78, 5) is 13.2. The first-order chi connectivity index (χ1) is 15.7. The molecule has 2 heterocycles. The van der Waals surface area contributed by atoms with E-state index in [1.54, 1.807) is 24.3 Å². The summed E-state index contributed by atoms with van der Waals surface area (Å²) in [6, 6.07) is 9.89. The fraction of sp³-hybridized carbons (Fsp3) is 0.480. The summed E-state index contributed by atoms with van der Waals surface area (Å²) in [5, 5.41) is 2.88. The van der Waals surface area contributed by atoms with Crippen molar-refractivity contribution in [3.63, 3.8) is 0 Å². The number of carbonyl (C=O) groups is 1. The van der Waals surface area contributed by atoms with Gasteiger partial charge >= 0.3 is 0 Å². The number of hydrogen-bond donors (Lipinski definition) is 1. The van der Waals surface area contributed by atoms with Crippen LogP contribution in [-0.4, -0.2) is 44.4 Å². The average Bonchev–Trinajstić information content (AvgIpc) is 3.12. The molecule has 1 N–H and O–H groups in total. The first-order valence-electron chi connectivity index (χ1n) is 11.5. The van der Waals surface area contributed by atoms with Gasteiger partial charge in [0.25, 0.3) is 5.91 Å². The zero-order chi connectivity index (χ0) is 23.8. The SMILES string of the molecule is CCOc1cc2c(cc1NC(=O)c1cccc(S(=O)(=O)N3CC(C)CC(C)C3)c1)OC(C)C2. The largest absolute Gasteiger partial charge is 0.492 e. The summed E-state index contributed by atoms with van der Waals surface area (Å²) in [6.45, 7) is 9.46. The van der Waals surface area contributed by atoms with Gasteiger partial charge in [-0.05, 0) is 56.4 Å². The Kier molecular flexibility index (Phi) is 6.68. The van der Waals surface area contributed by atoms with Gasteiger partial charge in [0, 0.05) is 36.7 Å². The third-order valence-electron chi connectivity index (χ3n) is 6.12. The molecule has 8 heteroatoms. The number of fused-ring (bicyclic) bond motifs is 1. The molecule has 2 aliphatic heterocycles. The fourth-order valence-electron chi connectivity index (χ4n) is 4.76. The van der Waals surface area contributed by atoms with Gasteiger partial charge in [0.15, 0.2) is 0 Å². The minimum absolute atomic E-state index is 0.0718. The van der Waals surface area contributed by atoms with Crippen LogP contribution in [0, 0.1) is 11.8 Å². The molecule has 0 aromatic heterocycles. The molecular weight excluding hydrogens is 440 g/mol. The number of hydrogen-bond acceptors (Lipinski definition) is 5. The second-order valence-corrected chi connectivity index (χ2v) is 11.2. The Morgan fingerprint density at radius 2 is 1.88 bits per heavy atom. The van der Waals surface area contributed by atoms with Crippen LogP contribution in [0.15, 0.2) is 41.3 Å². The fourth-order valence-corrected chi connectivity index (χ4v) is 6.48. The summed E-state index contributed by atoms with van der Waals surface area (Å²) in [6.07, 6.45) is 1.87. The van der Waals surface area contributed by atoms with Crippen LogP contribution in [0.3, 0.4) is 0 Å². The summed E-state index contributed by atoms with van der Waals surface area (Å²) < 4.78 is 39.6. The Balaban J connectivity index is 1.58. The van der Waals surface area contributed by atoms with Gasteiger partial charge in [0.05, 0.1) is 17.2 Å². The molecule has 0 bridgehead atoms. The van der Waals surface area contributed by atoms with Crippen LogP contribution in [0.1, 0.15) is 50.0 Å². The number of ether oxygens (including phenoxy) is 2. The van der Waals surface area contributed by atoms with Crippen molar-refractivity contribution in [2.24, 2.45) is 11.8 Å². The number of sulfonamides is 1. The minimum Gasteiger partial charge on any atom is -0.492 e. The van der Waals surface area contributed by atoms with Gasteiger partial charge in [-0.15, -0.1) is 0 Å². The lowest BCUT2D eigenvalue weighted by molar-refractivity contribution is 0.102. The first-order valence-corrected chi connectivity index (χ1v) is 13.0. The third kappa shape index (κ3) is 5.01. The predicted molar refractivity (Wildman–Crippen MR) is 128 cm³/mol. The van der Waals surface area contributed by atoms with Crippen LogP contribution in [0.4, 0.5) is 5.69 Å². The molecule has 0 radical (unpaired) electrons. The maximum atomic E-state index is 13.3. The van der Waals surface area contributed by atoms with Crippen LogP contribution in [0.2, 0.25) is 0 Å². The molecule has 0 aliphatic carbocycles. The number of carbonyl (C=O) groups excluding carboxylic acids is 1. The molecule has 7 nitrogen and oxygen atoms in total. The van der Waals surface area contributed by atoms with Crippen LogP contribution in [0.5, 0.6) is 11.5 Å². The van der Waals surface area contributed by atoms with Gasteiger partial charge in [0.2, 0.25) is 10.0 Å². The zero-order valence-corrected chi connectivity index (χ0v) is 20.4. The molecule has 3 unspecified atom stereocenters. The van der Waals surface area contributed by atoms with E-state index in [2.05, 4.69) is 19.2 Å². The molecule has 3 atom stereocenters. The number of anilines is 1. The quantitative estimate of drug-likeness (QED) is 0.677. The Hall–Kier alpha value is -2.58. The van der Waals surface area contributed by atoms with Crippen LogP contribution < -0.4 is 14.8 Å². The van der Waals surface area contributed by atoms with Gasteiger partial charge in [-0.1, -0.05) is 19.9 Å². The average molecular weight is 473 g/mol. The number of nitrogens with one attached hydrogen (secondary N) is 1. The Bertz CT molecular complexity index is 1140. The standard InChI is InChI=1S/C25H32N2O5S/c1-5-31-24-12-20-10-18(4)32-23(20)13-22(24)26-25(28)19-7-6-8-21(11-19)33(29,30)27-14-16(2)9-17(3)15-27/h6-8,11-13,16-18H,5,9-10,14-15H2,1-4H3,(H,26,28). The number of rotatable bonds is 6. The smallest absolute Gasteiger partial charge is 0.255 e. The van der Waals surface area contributed by atoms with E-state index < -0.39 is 15.9 Å². The molecule has 1 amide bonds. The zero-order valence-electron chi connectivity index (χ0n) is 19.6. The van der Waals surface area contributed by atoms with Crippen LogP contribution in [-0.2, 0) is 16.4 Å². The summed E-state index contributed by atoms with van der Waals surface area (Å²) in [5.41, 5.74) is 1.81. The van der Waals surface area contributed by atoms with Crippen molar-refractivity contribution in [1.29, 1.82) is 0 Å². The summed E-state index contributed by atoms with van der Waals surface area (Å²) >= 11 is 0. The lowest BCUT2D eigenvalue weighted by atomic mass is 9.94. The lowest BCUT2D eigenvalue weighted by Gasteiger charge is -2.34. The first kappa shape index (κ1) is 23.6. The van der Waals surface area contributed by atoms with Crippen molar-refractivity contribution >= 4 is 21.6 Å². The number of benzene rings is 2. The topological polar surface area (TPSA) is 84.9 Å². The molecule has 33 heavy (non-hydrogen) atoms. The van der Waals surface area contributed by atoms with E-state index in [9.17, 15) is 13.2 Å². The highest BCUT2D eigenvalue weighted by Crippen LogP contribution is 2.38. The van der Waals surface area contributed by atoms with Gasteiger partial charge in [0.1, 0.15) is 17.6 Å². The molecule has 2 aliphatic rings. The molecule has 4 rings (SSSR count). The van der Waals surface area contributed by atoms with Gasteiger partial charge in [-0.25, -0.2) is 8.42 Å². The Morgan fingerprint density at radius 1 is 1.15 bits per heavy atom. The minimum atomic E-state index is -3.68. The van der Waals surface area contributed by atoms with Crippen molar-refractivity contribution in [3.05, 3.63) is 47.5 Å². The van der Waals surface area contributed by atoms with Crippen molar-refractivity contribution in [2.45, 2.75) is 51.5 Å². The van der Waals surface area contributed by atoms with Crippen molar-refractivity contribution in [3.8, 4) is 11.5 Å². The van der Waals surface area contributed by atoms with Crippen LogP contribution in [0.25, 0.3) is 0 Å². The van der Waals surface area contributed by atoms with Gasteiger partial charge in [-0.3, -0.25) is 4.79 Å². The molecular formula is C25H32N2O5S. The maximum Gasteiger partial charge on any atom is 0.255 e. The van der Waals surface area contributed by atoms with E-state index >= 15 is 0 Å². The van der Waals surface area contributed by atoms with Gasteiger partial charge in [-0.2, -0.15) is 4.31 Å². The number of nitrogens with zero attached hydrogens (tertiary/aromatic N) is 1. The van der Waals surface area contributed by atoms with E-state index in [-0.39, 0.29) is 16.6 Å². The highest BCUT2D eigenvalue weighted by molar-refractivity contribution is 7.89. The number of piperidine rings is 1. The van der Waals surface area contributed by atoms with Gasteiger partial charge < -0.3 is 14.8 Å². The molecule has 1 fully saturated rings. The second-order valence-electron chi connectivity index (χ2n) is 9.27. The molecule has 0 saturated carbocycles. The van der Waals surface area contributed by atoms with Crippen molar-refractivity contribution in [2.75, 3.05) is 25.0 Å². The van der Waals surface area contributed by atoms with E-state index in [1.807, 2.05) is 19.9 Å². The van der Waals surface area contributed by atoms with Crippen molar-refractivity contribution < 1.29 is 22.7 Å². The highest BCUT2D eigenvalue weighted by Gasteiger charge is 2.32. The van der Waals surface area contributed by atoms with E-state index in [0.29, 0.717) is 43.0 Å². The van der Waals surface area contributed by atoms with Crippen LogP contribution >= 0.6 is 0 Å². The van der Waals surface area contributed by atoms with Crippen molar-refractivity contribution in [1.82, 2.24) is 4.31 Å². The molecule has 178 valence electrons. The number of amides is 1.